The summed E-state index contributed by atoms with van der Waals surface area (Å²) in [6.45, 7) is 2.51. The van der Waals surface area contributed by atoms with Gasteiger partial charge in [-0.1, -0.05) is 36.4 Å². The van der Waals surface area contributed by atoms with Gasteiger partial charge in [0.05, 0.1) is 13.7 Å². The normalized spacial score (nSPS) is 10.6. The van der Waals surface area contributed by atoms with Crippen LogP contribution in [-0.4, -0.2) is 20.8 Å². The summed E-state index contributed by atoms with van der Waals surface area (Å²) in [7, 11) is 3.42. The molecule has 3 nitrogen and oxygen atoms in total. The lowest BCUT2D eigenvalue weighted by Crippen LogP contribution is -2.16. The summed E-state index contributed by atoms with van der Waals surface area (Å²) in [6, 6.07) is 16.7. The molecule has 0 radical (unpaired) electrons. The number of rotatable bonds is 8. The van der Waals surface area contributed by atoms with Crippen molar-refractivity contribution in [3.63, 3.8) is 0 Å². The van der Waals surface area contributed by atoms with Crippen LogP contribution in [-0.2, 0) is 24.3 Å². The van der Waals surface area contributed by atoms with Gasteiger partial charge in [0.1, 0.15) is 5.75 Å². The van der Waals surface area contributed by atoms with Gasteiger partial charge in [-0.05, 0) is 41.8 Å². The predicted octanol–water partition coefficient (Wildman–Crippen LogP) is 3.17. The van der Waals surface area contributed by atoms with Crippen molar-refractivity contribution < 1.29 is 9.47 Å². The molecule has 0 atom stereocenters. The van der Waals surface area contributed by atoms with Crippen molar-refractivity contribution in [1.82, 2.24) is 5.32 Å². The third-order valence-electron chi connectivity index (χ3n) is 3.39. The number of methoxy groups -OCH3 is 2. The molecule has 0 unspecified atom stereocenters. The highest BCUT2D eigenvalue weighted by Crippen LogP contribution is 2.12. The smallest absolute Gasteiger partial charge is 0.119 e. The summed E-state index contributed by atoms with van der Waals surface area (Å²) in [4.78, 5) is 0. The molecule has 0 heterocycles. The number of benzene rings is 2. The van der Waals surface area contributed by atoms with Crippen LogP contribution in [0.4, 0.5) is 0 Å². The van der Waals surface area contributed by atoms with Crippen LogP contribution in [0.15, 0.2) is 48.5 Å². The van der Waals surface area contributed by atoms with E-state index in [9.17, 15) is 0 Å². The summed E-state index contributed by atoms with van der Waals surface area (Å²) < 4.78 is 10.3. The molecule has 3 heteroatoms. The summed E-state index contributed by atoms with van der Waals surface area (Å²) >= 11 is 0. The van der Waals surface area contributed by atoms with Crippen LogP contribution >= 0.6 is 0 Å². The van der Waals surface area contributed by atoms with Crippen LogP contribution in [0.1, 0.15) is 16.7 Å². The summed E-state index contributed by atoms with van der Waals surface area (Å²) in [6.07, 6.45) is 0.999. The van der Waals surface area contributed by atoms with E-state index in [2.05, 4.69) is 41.7 Å². The molecule has 0 fully saturated rings. The fourth-order valence-corrected chi connectivity index (χ4v) is 2.21. The molecule has 112 valence electrons. The second kappa shape index (κ2) is 8.45. The zero-order valence-corrected chi connectivity index (χ0v) is 12.8. The SMILES string of the molecule is COCc1ccc(CNCCc2cccc(OC)c2)cc1. The Morgan fingerprint density at radius 2 is 1.67 bits per heavy atom. The molecule has 0 aliphatic rings. The highest BCUT2D eigenvalue weighted by atomic mass is 16.5. The lowest BCUT2D eigenvalue weighted by molar-refractivity contribution is 0.185. The predicted molar refractivity (Wildman–Crippen MR) is 85.6 cm³/mol. The molecular formula is C18H23NO2. The molecule has 0 saturated heterocycles. The Bertz CT molecular complexity index is 537. The maximum atomic E-state index is 5.23. The minimum atomic E-state index is 0.670. The molecular weight excluding hydrogens is 262 g/mol. The Balaban J connectivity index is 1.73. The van der Waals surface area contributed by atoms with E-state index in [1.54, 1.807) is 14.2 Å². The van der Waals surface area contributed by atoms with Crippen molar-refractivity contribution in [1.29, 1.82) is 0 Å². The minimum absolute atomic E-state index is 0.670. The molecule has 2 aromatic carbocycles. The van der Waals surface area contributed by atoms with Gasteiger partial charge in [0.25, 0.3) is 0 Å². The quantitative estimate of drug-likeness (QED) is 0.756. The first-order valence-electron chi connectivity index (χ1n) is 7.22. The summed E-state index contributed by atoms with van der Waals surface area (Å²) in [5.41, 5.74) is 3.79. The van der Waals surface area contributed by atoms with E-state index in [0.29, 0.717) is 6.61 Å². The first-order chi connectivity index (χ1) is 10.3. The highest BCUT2D eigenvalue weighted by molar-refractivity contribution is 5.28. The Morgan fingerprint density at radius 1 is 0.905 bits per heavy atom. The van der Waals surface area contributed by atoms with E-state index in [1.165, 1.54) is 16.7 Å². The van der Waals surface area contributed by atoms with Crippen molar-refractivity contribution in [2.45, 2.75) is 19.6 Å². The summed E-state index contributed by atoms with van der Waals surface area (Å²) in [5.74, 6) is 0.918. The van der Waals surface area contributed by atoms with Gasteiger partial charge in [-0.3, -0.25) is 0 Å². The maximum absolute atomic E-state index is 5.23. The van der Waals surface area contributed by atoms with Gasteiger partial charge in [-0.2, -0.15) is 0 Å². The zero-order valence-electron chi connectivity index (χ0n) is 12.8. The van der Waals surface area contributed by atoms with Crippen molar-refractivity contribution in [3.8, 4) is 5.75 Å². The van der Waals surface area contributed by atoms with Crippen molar-refractivity contribution in [3.05, 3.63) is 65.2 Å². The molecule has 1 N–H and O–H groups in total. The summed E-state index contributed by atoms with van der Waals surface area (Å²) in [5, 5.41) is 3.47. The fourth-order valence-electron chi connectivity index (χ4n) is 2.21. The Morgan fingerprint density at radius 3 is 2.38 bits per heavy atom. The molecule has 0 aliphatic heterocycles. The number of hydrogen-bond acceptors (Lipinski definition) is 3. The number of ether oxygens (including phenoxy) is 2. The largest absolute Gasteiger partial charge is 0.497 e. The second-order valence-corrected chi connectivity index (χ2v) is 5.03. The van der Waals surface area contributed by atoms with Crippen LogP contribution in [0.2, 0.25) is 0 Å². The molecule has 0 amide bonds. The average molecular weight is 285 g/mol. The lowest BCUT2D eigenvalue weighted by atomic mass is 10.1. The number of nitrogens with one attached hydrogen (secondary N) is 1. The van der Waals surface area contributed by atoms with Crippen LogP contribution in [0, 0.1) is 0 Å². The molecule has 0 aromatic heterocycles. The molecule has 21 heavy (non-hydrogen) atoms. The third kappa shape index (κ3) is 5.21. The van der Waals surface area contributed by atoms with Crippen LogP contribution < -0.4 is 10.1 Å². The van der Waals surface area contributed by atoms with E-state index in [4.69, 9.17) is 9.47 Å². The monoisotopic (exact) mass is 285 g/mol. The Labute approximate surface area is 126 Å². The molecule has 0 saturated carbocycles. The Hall–Kier alpha value is -1.84. The second-order valence-electron chi connectivity index (χ2n) is 5.03. The van der Waals surface area contributed by atoms with Crippen LogP contribution in [0.3, 0.4) is 0 Å². The van der Waals surface area contributed by atoms with E-state index < -0.39 is 0 Å². The average Bonchev–Trinajstić information content (AvgIpc) is 2.53. The van der Waals surface area contributed by atoms with Gasteiger partial charge in [-0.15, -0.1) is 0 Å². The van der Waals surface area contributed by atoms with Gasteiger partial charge >= 0.3 is 0 Å². The molecule has 2 aromatic rings. The Kier molecular flexibility index (Phi) is 6.25. The minimum Gasteiger partial charge on any atom is -0.497 e. The van der Waals surface area contributed by atoms with Gasteiger partial charge in [0.2, 0.25) is 0 Å². The molecule has 0 aliphatic carbocycles. The molecule has 0 spiro atoms. The van der Waals surface area contributed by atoms with E-state index >= 15 is 0 Å². The highest BCUT2D eigenvalue weighted by Gasteiger charge is 1.97. The first-order valence-corrected chi connectivity index (χ1v) is 7.22. The van der Waals surface area contributed by atoms with E-state index in [1.807, 2.05) is 12.1 Å². The van der Waals surface area contributed by atoms with Crippen LogP contribution in [0.5, 0.6) is 5.75 Å². The third-order valence-corrected chi connectivity index (χ3v) is 3.39. The van der Waals surface area contributed by atoms with Crippen molar-refractivity contribution in [2.75, 3.05) is 20.8 Å². The van der Waals surface area contributed by atoms with Crippen molar-refractivity contribution in [2.24, 2.45) is 0 Å². The number of hydrogen-bond donors (Lipinski definition) is 1. The maximum Gasteiger partial charge on any atom is 0.119 e. The topological polar surface area (TPSA) is 30.5 Å². The van der Waals surface area contributed by atoms with Gasteiger partial charge in [0.15, 0.2) is 0 Å². The zero-order chi connectivity index (χ0) is 14.9. The van der Waals surface area contributed by atoms with Gasteiger partial charge in [0, 0.05) is 13.7 Å². The van der Waals surface area contributed by atoms with Gasteiger partial charge < -0.3 is 14.8 Å². The van der Waals surface area contributed by atoms with E-state index in [0.717, 1.165) is 25.3 Å². The first kappa shape index (κ1) is 15.5. The molecule has 2 rings (SSSR count). The van der Waals surface area contributed by atoms with E-state index in [-0.39, 0.29) is 0 Å². The lowest BCUT2D eigenvalue weighted by Gasteiger charge is -2.07. The van der Waals surface area contributed by atoms with Crippen molar-refractivity contribution >= 4 is 0 Å². The van der Waals surface area contributed by atoms with Gasteiger partial charge in [-0.25, -0.2) is 0 Å². The standard InChI is InChI=1S/C18H23NO2/c1-20-14-17-8-6-16(7-9-17)13-19-11-10-15-4-3-5-18(12-15)21-2/h3-9,12,19H,10-11,13-14H2,1-2H3. The molecule has 0 bridgehead atoms. The van der Waals surface area contributed by atoms with Crippen LogP contribution in [0.25, 0.3) is 0 Å². The fraction of sp³-hybridized carbons (Fsp3) is 0.333.